The van der Waals surface area contributed by atoms with Crippen LogP contribution in [0.25, 0.3) is 0 Å². The van der Waals surface area contributed by atoms with Crippen LogP contribution in [0.3, 0.4) is 0 Å². The van der Waals surface area contributed by atoms with Gasteiger partial charge in [-0.1, -0.05) is 6.42 Å². The molecule has 0 aromatic rings. The highest BCUT2D eigenvalue weighted by Crippen LogP contribution is 2.14. The Balaban J connectivity index is 2.23. The van der Waals surface area contributed by atoms with Crippen LogP contribution in [0.2, 0.25) is 0 Å². The molecule has 1 amide bonds. The predicted octanol–water partition coefficient (Wildman–Crippen LogP) is 1.29. The third kappa shape index (κ3) is 4.61. The summed E-state index contributed by atoms with van der Waals surface area (Å²) in [6, 6.07) is 0.265. The van der Waals surface area contributed by atoms with Gasteiger partial charge in [-0.2, -0.15) is 0 Å². The number of carbonyl (C=O) groups excluding carboxylic acids is 1. The first-order valence-corrected chi connectivity index (χ1v) is 5.68. The van der Waals surface area contributed by atoms with Gasteiger partial charge in [-0.05, 0) is 45.7 Å². The number of hydrogen-bond donors (Lipinski definition) is 2. The van der Waals surface area contributed by atoms with Crippen LogP contribution in [0.4, 0.5) is 0 Å². The maximum Gasteiger partial charge on any atom is 0.220 e. The van der Waals surface area contributed by atoms with E-state index in [0.29, 0.717) is 12.3 Å². The van der Waals surface area contributed by atoms with Crippen molar-refractivity contribution in [2.75, 3.05) is 13.1 Å². The zero-order valence-corrected chi connectivity index (χ0v) is 9.31. The molecule has 1 rings (SSSR count). The summed E-state index contributed by atoms with van der Waals surface area (Å²) in [6.07, 6.45) is 4.39. The Morgan fingerprint density at radius 3 is 3.00 bits per heavy atom. The molecule has 3 nitrogen and oxygen atoms in total. The summed E-state index contributed by atoms with van der Waals surface area (Å²) in [6.45, 7) is 6.13. The number of carbonyl (C=O) groups is 1. The molecule has 0 saturated carbocycles. The molecule has 1 aliphatic rings. The first-order chi connectivity index (χ1) is 6.68. The van der Waals surface area contributed by atoms with Crippen LogP contribution >= 0.6 is 0 Å². The minimum atomic E-state index is 0.202. The first-order valence-electron chi connectivity index (χ1n) is 5.68. The van der Waals surface area contributed by atoms with Crippen LogP contribution in [-0.4, -0.2) is 25.0 Å². The first kappa shape index (κ1) is 11.5. The van der Waals surface area contributed by atoms with E-state index in [9.17, 15) is 4.79 Å². The molecule has 14 heavy (non-hydrogen) atoms. The summed E-state index contributed by atoms with van der Waals surface area (Å²) >= 11 is 0. The monoisotopic (exact) mass is 198 g/mol. The van der Waals surface area contributed by atoms with E-state index in [-0.39, 0.29) is 11.9 Å². The third-order valence-electron chi connectivity index (χ3n) is 2.57. The van der Waals surface area contributed by atoms with Crippen molar-refractivity contribution in [2.45, 2.75) is 45.6 Å². The molecule has 0 bridgehead atoms. The molecule has 1 unspecified atom stereocenters. The fourth-order valence-corrected chi connectivity index (χ4v) is 1.91. The quantitative estimate of drug-likeness (QED) is 0.717. The average Bonchev–Trinajstić information content (AvgIpc) is 2.31. The van der Waals surface area contributed by atoms with Crippen molar-refractivity contribution in [3.05, 3.63) is 0 Å². The highest BCUT2D eigenvalue weighted by Gasteiger charge is 2.15. The van der Waals surface area contributed by atoms with E-state index in [1.807, 2.05) is 13.8 Å². The molecule has 0 aromatic carbocycles. The number of rotatable bonds is 3. The number of hydrogen-bond acceptors (Lipinski definition) is 2. The smallest absolute Gasteiger partial charge is 0.220 e. The van der Waals surface area contributed by atoms with Gasteiger partial charge >= 0.3 is 0 Å². The number of nitrogens with one attached hydrogen (secondary N) is 2. The van der Waals surface area contributed by atoms with E-state index in [2.05, 4.69) is 10.6 Å². The average molecular weight is 198 g/mol. The fraction of sp³-hybridized carbons (Fsp3) is 0.909. The van der Waals surface area contributed by atoms with Crippen LogP contribution in [0.5, 0.6) is 0 Å². The van der Waals surface area contributed by atoms with Crippen molar-refractivity contribution in [1.29, 1.82) is 0 Å². The second-order valence-electron chi connectivity index (χ2n) is 4.49. The van der Waals surface area contributed by atoms with Gasteiger partial charge in [-0.25, -0.2) is 0 Å². The zero-order chi connectivity index (χ0) is 10.4. The molecule has 1 saturated heterocycles. The largest absolute Gasteiger partial charge is 0.354 e. The van der Waals surface area contributed by atoms with E-state index >= 15 is 0 Å². The highest BCUT2D eigenvalue weighted by molar-refractivity contribution is 5.76. The standard InChI is InChI=1S/C11H22N2O/c1-9(2)13-11(14)7-10-5-3-4-6-12-8-10/h9-10,12H,3-8H2,1-2H3,(H,13,14). The van der Waals surface area contributed by atoms with Crippen molar-refractivity contribution >= 4 is 5.91 Å². The molecule has 1 aliphatic heterocycles. The Morgan fingerprint density at radius 2 is 2.29 bits per heavy atom. The van der Waals surface area contributed by atoms with Gasteiger partial charge in [0.25, 0.3) is 0 Å². The van der Waals surface area contributed by atoms with Crippen LogP contribution in [0, 0.1) is 5.92 Å². The molecule has 3 heteroatoms. The Morgan fingerprint density at radius 1 is 1.50 bits per heavy atom. The van der Waals surface area contributed by atoms with Crippen molar-refractivity contribution in [3.8, 4) is 0 Å². The van der Waals surface area contributed by atoms with Gasteiger partial charge in [0.2, 0.25) is 5.91 Å². The lowest BCUT2D eigenvalue weighted by atomic mass is 9.99. The van der Waals surface area contributed by atoms with Crippen LogP contribution < -0.4 is 10.6 Å². The van der Waals surface area contributed by atoms with Crippen LogP contribution in [0.15, 0.2) is 0 Å². The maximum absolute atomic E-state index is 11.5. The van der Waals surface area contributed by atoms with Crippen molar-refractivity contribution < 1.29 is 4.79 Å². The van der Waals surface area contributed by atoms with E-state index in [0.717, 1.165) is 13.1 Å². The topological polar surface area (TPSA) is 41.1 Å². The van der Waals surface area contributed by atoms with Crippen LogP contribution in [-0.2, 0) is 4.79 Å². The Kier molecular flexibility index (Phi) is 4.94. The molecule has 0 aliphatic carbocycles. The summed E-state index contributed by atoms with van der Waals surface area (Å²) in [7, 11) is 0. The van der Waals surface area contributed by atoms with E-state index in [1.54, 1.807) is 0 Å². The molecule has 82 valence electrons. The Bertz CT molecular complexity index is 172. The van der Waals surface area contributed by atoms with Gasteiger partial charge in [-0.3, -0.25) is 4.79 Å². The second-order valence-corrected chi connectivity index (χ2v) is 4.49. The van der Waals surface area contributed by atoms with Crippen molar-refractivity contribution in [2.24, 2.45) is 5.92 Å². The molecule has 2 N–H and O–H groups in total. The Hall–Kier alpha value is -0.570. The molecular formula is C11H22N2O. The van der Waals surface area contributed by atoms with Gasteiger partial charge < -0.3 is 10.6 Å². The summed E-state index contributed by atoms with van der Waals surface area (Å²) in [5.41, 5.74) is 0. The summed E-state index contributed by atoms with van der Waals surface area (Å²) in [5.74, 6) is 0.741. The van der Waals surface area contributed by atoms with Gasteiger partial charge in [0, 0.05) is 12.5 Å². The van der Waals surface area contributed by atoms with E-state index in [4.69, 9.17) is 0 Å². The lowest BCUT2D eigenvalue weighted by molar-refractivity contribution is -0.122. The lowest BCUT2D eigenvalue weighted by Crippen LogP contribution is -2.33. The predicted molar refractivity (Wildman–Crippen MR) is 58.1 cm³/mol. The molecule has 0 spiro atoms. The highest BCUT2D eigenvalue weighted by atomic mass is 16.1. The molecule has 0 radical (unpaired) electrons. The Labute approximate surface area is 86.6 Å². The lowest BCUT2D eigenvalue weighted by Gasteiger charge is -2.15. The second kappa shape index (κ2) is 6.02. The van der Waals surface area contributed by atoms with Crippen LogP contribution in [0.1, 0.15) is 39.5 Å². The van der Waals surface area contributed by atoms with Gasteiger partial charge in [0.1, 0.15) is 0 Å². The molecule has 1 fully saturated rings. The van der Waals surface area contributed by atoms with Gasteiger partial charge in [0.15, 0.2) is 0 Å². The maximum atomic E-state index is 11.5. The van der Waals surface area contributed by atoms with Gasteiger partial charge in [0.05, 0.1) is 0 Å². The molecule has 0 aromatic heterocycles. The van der Waals surface area contributed by atoms with Crippen molar-refractivity contribution in [1.82, 2.24) is 10.6 Å². The minimum Gasteiger partial charge on any atom is -0.354 e. The minimum absolute atomic E-state index is 0.202. The molecule has 1 atom stereocenters. The van der Waals surface area contributed by atoms with E-state index in [1.165, 1.54) is 19.3 Å². The molecular weight excluding hydrogens is 176 g/mol. The number of amides is 1. The third-order valence-corrected chi connectivity index (χ3v) is 2.57. The SMILES string of the molecule is CC(C)NC(=O)CC1CCCCNC1. The normalized spacial score (nSPS) is 23.2. The fourth-order valence-electron chi connectivity index (χ4n) is 1.91. The van der Waals surface area contributed by atoms with E-state index < -0.39 is 0 Å². The van der Waals surface area contributed by atoms with Gasteiger partial charge in [-0.15, -0.1) is 0 Å². The molecule has 1 heterocycles. The van der Waals surface area contributed by atoms with Crippen molar-refractivity contribution in [3.63, 3.8) is 0 Å². The summed E-state index contributed by atoms with van der Waals surface area (Å²) < 4.78 is 0. The zero-order valence-electron chi connectivity index (χ0n) is 9.31. The summed E-state index contributed by atoms with van der Waals surface area (Å²) in [4.78, 5) is 11.5. The summed E-state index contributed by atoms with van der Waals surface area (Å²) in [5, 5.41) is 6.32.